The molecule has 0 saturated carbocycles. The van der Waals surface area contributed by atoms with Crippen molar-refractivity contribution in [3.05, 3.63) is 18.0 Å². The maximum absolute atomic E-state index is 11.9. The average Bonchev–Trinajstić information content (AvgIpc) is 2.91. The Kier molecular flexibility index (Phi) is 5.31. The fourth-order valence-electron chi connectivity index (χ4n) is 1.56. The molecule has 100 valence electrons. The Bertz CT molecular complexity index is 409. The van der Waals surface area contributed by atoms with Gasteiger partial charge < -0.3 is 16.0 Å². The summed E-state index contributed by atoms with van der Waals surface area (Å²) in [5.41, 5.74) is 5.16. The van der Waals surface area contributed by atoms with Crippen molar-refractivity contribution in [3.8, 4) is 0 Å². The van der Waals surface area contributed by atoms with Gasteiger partial charge in [-0.15, -0.1) is 0 Å². The van der Waals surface area contributed by atoms with E-state index in [1.54, 1.807) is 4.90 Å². The fourth-order valence-corrected chi connectivity index (χ4v) is 1.56. The first-order valence-corrected chi connectivity index (χ1v) is 6.04. The topological polar surface area (TPSA) is 93.2 Å². The highest BCUT2D eigenvalue weighted by Gasteiger charge is 2.19. The van der Waals surface area contributed by atoms with Gasteiger partial charge in [0.05, 0.1) is 0 Å². The Hall–Kier alpha value is -1.89. The van der Waals surface area contributed by atoms with E-state index in [9.17, 15) is 9.59 Å². The largest absolute Gasteiger partial charge is 0.364 e. The number of carbonyl (C=O) groups is 2. The third-order valence-electron chi connectivity index (χ3n) is 2.43. The molecule has 0 radical (unpaired) electrons. The SMILES string of the molecule is CC.NC(=O)c1ccn(C(=O)N2CCNCC2)n1. The number of carbonyl (C=O) groups excluding carboxylic acids is 2. The number of aromatic nitrogens is 2. The van der Waals surface area contributed by atoms with E-state index in [1.807, 2.05) is 13.8 Å². The molecule has 0 aliphatic carbocycles. The first-order chi connectivity index (χ1) is 8.68. The first kappa shape index (κ1) is 14.2. The van der Waals surface area contributed by atoms with Crippen LogP contribution in [0, 0.1) is 0 Å². The quantitative estimate of drug-likeness (QED) is 0.729. The molecule has 0 atom stereocenters. The molecule has 1 saturated heterocycles. The lowest BCUT2D eigenvalue weighted by Crippen LogP contribution is -2.48. The summed E-state index contributed by atoms with van der Waals surface area (Å²) in [7, 11) is 0. The molecule has 0 aromatic carbocycles. The number of primary amides is 1. The van der Waals surface area contributed by atoms with E-state index in [0.717, 1.165) is 17.8 Å². The molecule has 1 aliphatic rings. The van der Waals surface area contributed by atoms with Gasteiger partial charge in [-0.25, -0.2) is 4.79 Å². The summed E-state index contributed by atoms with van der Waals surface area (Å²) >= 11 is 0. The molecule has 7 heteroatoms. The Balaban J connectivity index is 0.000000771. The summed E-state index contributed by atoms with van der Waals surface area (Å²) in [6, 6.07) is 1.21. The van der Waals surface area contributed by atoms with Crippen LogP contribution < -0.4 is 11.1 Å². The summed E-state index contributed by atoms with van der Waals surface area (Å²) in [5.74, 6) is -0.633. The lowest BCUT2D eigenvalue weighted by molar-refractivity contribution is 0.0995. The van der Waals surface area contributed by atoms with E-state index in [0.29, 0.717) is 13.1 Å². The second-order valence-electron chi connectivity index (χ2n) is 3.53. The van der Waals surface area contributed by atoms with Crippen molar-refractivity contribution in [2.24, 2.45) is 5.73 Å². The molecule has 1 aromatic heterocycles. The fraction of sp³-hybridized carbons (Fsp3) is 0.545. The minimum absolute atomic E-state index is 0.100. The summed E-state index contributed by atoms with van der Waals surface area (Å²) in [6.45, 7) is 6.83. The summed E-state index contributed by atoms with van der Waals surface area (Å²) in [6.07, 6.45) is 1.45. The van der Waals surface area contributed by atoms with Crippen molar-refractivity contribution < 1.29 is 9.59 Å². The highest BCUT2D eigenvalue weighted by molar-refractivity contribution is 5.91. The number of rotatable bonds is 1. The minimum Gasteiger partial charge on any atom is -0.364 e. The van der Waals surface area contributed by atoms with Gasteiger partial charge in [-0.2, -0.15) is 9.78 Å². The molecule has 0 unspecified atom stereocenters. The summed E-state index contributed by atoms with van der Waals surface area (Å²) < 4.78 is 1.14. The van der Waals surface area contributed by atoms with Crippen LogP contribution in [-0.4, -0.2) is 52.8 Å². The summed E-state index contributed by atoms with van der Waals surface area (Å²) in [5, 5.41) is 6.96. The molecule has 1 aromatic rings. The van der Waals surface area contributed by atoms with Crippen LogP contribution in [0.2, 0.25) is 0 Å². The van der Waals surface area contributed by atoms with Crippen LogP contribution in [0.15, 0.2) is 12.3 Å². The van der Waals surface area contributed by atoms with E-state index >= 15 is 0 Å². The van der Waals surface area contributed by atoms with Crippen molar-refractivity contribution in [2.75, 3.05) is 26.2 Å². The summed E-state index contributed by atoms with van der Waals surface area (Å²) in [4.78, 5) is 24.4. The van der Waals surface area contributed by atoms with Gasteiger partial charge in [0.2, 0.25) is 0 Å². The van der Waals surface area contributed by atoms with Crippen LogP contribution in [0.5, 0.6) is 0 Å². The van der Waals surface area contributed by atoms with E-state index in [4.69, 9.17) is 5.73 Å². The van der Waals surface area contributed by atoms with Gasteiger partial charge in [-0.1, -0.05) is 13.8 Å². The number of piperazine rings is 1. The van der Waals surface area contributed by atoms with Crippen molar-refractivity contribution in [3.63, 3.8) is 0 Å². The number of nitrogens with two attached hydrogens (primary N) is 1. The van der Waals surface area contributed by atoms with Gasteiger partial charge in [-0.3, -0.25) is 4.79 Å². The van der Waals surface area contributed by atoms with Gasteiger partial charge in [0.15, 0.2) is 5.69 Å². The number of nitrogens with zero attached hydrogens (tertiary/aromatic N) is 3. The van der Waals surface area contributed by atoms with E-state index in [-0.39, 0.29) is 11.7 Å². The molecule has 2 heterocycles. The lowest BCUT2D eigenvalue weighted by atomic mass is 10.4. The monoisotopic (exact) mass is 253 g/mol. The minimum atomic E-state index is -0.633. The molecular weight excluding hydrogens is 234 g/mol. The van der Waals surface area contributed by atoms with E-state index in [2.05, 4.69) is 10.4 Å². The molecule has 2 amide bonds. The Morgan fingerprint density at radius 3 is 2.44 bits per heavy atom. The average molecular weight is 253 g/mol. The second kappa shape index (κ2) is 6.75. The van der Waals surface area contributed by atoms with Gasteiger partial charge in [0.25, 0.3) is 5.91 Å². The van der Waals surface area contributed by atoms with Crippen LogP contribution in [0.1, 0.15) is 24.3 Å². The molecule has 7 nitrogen and oxygen atoms in total. The number of amides is 2. The smallest absolute Gasteiger partial charge is 0.344 e. The van der Waals surface area contributed by atoms with E-state index < -0.39 is 5.91 Å². The third kappa shape index (κ3) is 3.30. The Morgan fingerprint density at radius 1 is 1.33 bits per heavy atom. The normalized spacial score (nSPS) is 14.7. The van der Waals surface area contributed by atoms with Crippen molar-refractivity contribution >= 4 is 11.9 Å². The highest BCUT2D eigenvalue weighted by atomic mass is 16.2. The zero-order chi connectivity index (χ0) is 13.5. The number of hydrogen-bond donors (Lipinski definition) is 2. The molecule has 0 spiro atoms. The number of hydrogen-bond acceptors (Lipinski definition) is 4. The first-order valence-electron chi connectivity index (χ1n) is 6.04. The van der Waals surface area contributed by atoms with Gasteiger partial charge >= 0.3 is 6.03 Å². The number of nitrogens with one attached hydrogen (secondary N) is 1. The predicted octanol–water partition coefficient (Wildman–Crippen LogP) is -0.118. The Labute approximate surface area is 106 Å². The van der Waals surface area contributed by atoms with Crippen LogP contribution in [0.4, 0.5) is 4.79 Å². The molecule has 1 fully saturated rings. The van der Waals surface area contributed by atoms with Crippen LogP contribution in [0.25, 0.3) is 0 Å². The third-order valence-corrected chi connectivity index (χ3v) is 2.43. The van der Waals surface area contributed by atoms with Crippen molar-refractivity contribution in [2.45, 2.75) is 13.8 Å². The maximum Gasteiger partial charge on any atom is 0.344 e. The maximum atomic E-state index is 11.9. The van der Waals surface area contributed by atoms with E-state index in [1.165, 1.54) is 12.3 Å². The van der Waals surface area contributed by atoms with Crippen LogP contribution >= 0.6 is 0 Å². The molecule has 2 rings (SSSR count). The molecular formula is C11H19N5O2. The molecule has 1 aliphatic heterocycles. The zero-order valence-corrected chi connectivity index (χ0v) is 10.7. The van der Waals surface area contributed by atoms with Crippen LogP contribution in [-0.2, 0) is 0 Å². The molecule has 18 heavy (non-hydrogen) atoms. The predicted molar refractivity (Wildman–Crippen MR) is 67.3 cm³/mol. The lowest BCUT2D eigenvalue weighted by Gasteiger charge is -2.26. The molecule has 0 bridgehead atoms. The van der Waals surface area contributed by atoms with Gasteiger partial charge in [0.1, 0.15) is 0 Å². The van der Waals surface area contributed by atoms with Gasteiger partial charge in [0, 0.05) is 32.4 Å². The molecule has 3 N–H and O–H groups in total. The van der Waals surface area contributed by atoms with Crippen molar-refractivity contribution in [1.82, 2.24) is 20.0 Å². The van der Waals surface area contributed by atoms with Crippen LogP contribution in [0.3, 0.4) is 0 Å². The zero-order valence-electron chi connectivity index (χ0n) is 10.7. The highest BCUT2D eigenvalue weighted by Crippen LogP contribution is 2.00. The van der Waals surface area contributed by atoms with Crippen molar-refractivity contribution in [1.29, 1.82) is 0 Å². The second-order valence-corrected chi connectivity index (χ2v) is 3.53. The van der Waals surface area contributed by atoms with Gasteiger partial charge in [-0.05, 0) is 6.07 Å². The Morgan fingerprint density at radius 2 is 1.94 bits per heavy atom. The standard InChI is InChI=1S/C9H13N5O2.C2H6/c10-8(15)7-1-4-14(12-7)9(16)13-5-2-11-3-6-13;1-2/h1,4,11H,2-3,5-6H2,(H2,10,15);1-2H3.